The number of ketones is 1. The molecule has 0 aromatic heterocycles. The van der Waals surface area contributed by atoms with Gasteiger partial charge in [-0.3, -0.25) is 4.79 Å². The summed E-state index contributed by atoms with van der Waals surface area (Å²) >= 11 is 0. The Morgan fingerprint density at radius 2 is 1.14 bits per heavy atom. The zero-order chi connectivity index (χ0) is 17.0. The summed E-state index contributed by atoms with van der Waals surface area (Å²) in [6.07, 6.45) is 11.4. The van der Waals surface area contributed by atoms with Gasteiger partial charge in [-0.05, 0) is 24.2 Å². The molecule has 1 N–H and O–H groups in total. The molecule has 0 saturated carbocycles. The van der Waals surface area contributed by atoms with Crippen LogP contribution in [0.1, 0.15) is 92.4 Å². The summed E-state index contributed by atoms with van der Waals surface area (Å²) in [5.41, 5.74) is 0. The summed E-state index contributed by atoms with van der Waals surface area (Å²) in [5, 5.41) is 8.82. The van der Waals surface area contributed by atoms with E-state index in [-0.39, 0.29) is 18.3 Å². The summed E-state index contributed by atoms with van der Waals surface area (Å²) in [4.78, 5) is 11.3. The van der Waals surface area contributed by atoms with Gasteiger partial charge < -0.3 is 5.11 Å². The maximum atomic E-state index is 11.3. The van der Waals surface area contributed by atoms with E-state index in [1.165, 1.54) is 44.9 Å². The minimum Gasteiger partial charge on any atom is -0.389 e. The first-order valence-corrected chi connectivity index (χ1v) is 9.50. The Morgan fingerprint density at radius 3 is 1.55 bits per heavy atom. The van der Waals surface area contributed by atoms with Crippen LogP contribution in [0.4, 0.5) is 0 Å². The molecule has 0 saturated heterocycles. The van der Waals surface area contributed by atoms with Gasteiger partial charge in [-0.15, -0.1) is 0 Å². The number of aliphatic hydroxyl groups excluding tert-OH is 1. The summed E-state index contributed by atoms with van der Waals surface area (Å²) in [6, 6.07) is 0. The summed E-state index contributed by atoms with van der Waals surface area (Å²) < 4.78 is 0. The molecule has 0 aliphatic carbocycles. The fourth-order valence-corrected chi connectivity index (χ4v) is 3.07. The van der Waals surface area contributed by atoms with Crippen molar-refractivity contribution in [3.8, 4) is 0 Å². The van der Waals surface area contributed by atoms with Crippen molar-refractivity contribution in [3.05, 3.63) is 0 Å². The molecule has 2 heteroatoms. The molecule has 2 nitrogen and oxygen atoms in total. The Balaban J connectivity index is 3.56. The van der Waals surface area contributed by atoms with Crippen LogP contribution in [0.15, 0.2) is 0 Å². The van der Waals surface area contributed by atoms with E-state index in [0.717, 1.165) is 30.6 Å². The van der Waals surface area contributed by atoms with E-state index in [2.05, 4.69) is 27.7 Å². The lowest BCUT2D eigenvalue weighted by molar-refractivity contribution is -0.125. The first kappa shape index (κ1) is 21.6. The molecule has 0 radical (unpaired) electrons. The summed E-state index contributed by atoms with van der Waals surface area (Å²) in [6.45, 7) is 11.0. The standard InChI is InChI=1S/C20H40O2/c1-16(2)9-6-10-17(3)11-7-12-18(4)13-8-14-19(5)20(22)15-21/h16-19,21H,6-15H2,1-5H3. The van der Waals surface area contributed by atoms with Crippen LogP contribution in [0.25, 0.3) is 0 Å². The smallest absolute Gasteiger partial charge is 0.160 e. The predicted molar refractivity (Wildman–Crippen MR) is 96.0 cm³/mol. The van der Waals surface area contributed by atoms with Crippen molar-refractivity contribution in [2.24, 2.45) is 23.7 Å². The Kier molecular flexibility index (Phi) is 12.9. The van der Waals surface area contributed by atoms with Crippen molar-refractivity contribution < 1.29 is 9.90 Å². The molecule has 0 fully saturated rings. The van der Waals surface area contributed by atoms with Gasteiger partial charge in [-0.25, -0.2) is 0 Å². The Hall–Kier alpha value is -0.370. The van der Waals surface area contributed by atoms with Crippen LogP contribution < -0.4 is 0 Å². The van der Waals surface area contributed by atoms with E-state index in [4.69, 9.17) is 5.11 Å². The van der Waals surface area contributed by atoms with E-state index >= 15 is 0 Å². The Morgan fingerprint density at radius 1 is 0.727 bits per heavy atom. The molecule has 132 valence electrons. The lowest BCUT2D eigenvalue weighted by atomic mass is 9.90. The molecule has 3 atom stereocenters. The molecule has 0 aliphatic heterocycles. The minimum absolute atomic E-state index is 0.0112. The van der Waals surface area contributed by atoms with Gasteiger partial charge in [0.2, 0.25) is 0 Å². The second-order valence-corrected chi connectivity index (χ2v) is 7.92. The number of Topliss-reactive ketones (excluding diaryl/α,β-unsaturated/α-hetero) is 1. The zero-order valence-corrected chi connectivity index (χ0v) is 15.7. The van der Waals surface area contributed by atoms with Gasteiger partial charge >= 0.3 is 0 Å². The van der Waals surface area contributed by atoms with Crippen LogP contribution in [-0.4, -0.2) is 17.5 Å². The average Bonchev–Trinajstić information content (AvgIpc) is 2.45. The fraction of sp³-hybridized carbons (Fsp3) is 0.950. The topological polar surface area (TPSA) is 37.3 Å². The van der Waals surface area contributed by atoms with Gasteiger partial charge in [-0.1, -0.05) is 86.0 Å². The monoisotopic (exact) mass is 312 g/mol. The molecule has 0 bridgehead atoms. The van der Waals surface area contributed by atoms with Crippen molar-refractivity contribution in [1.82, 2.24) is 0 Å². The number of aliphatic hydroxyl groups is 1. The summed E-state index contributed by atoms with van der Waals surface area (Å²) in [5.74, 6) is 2.49. The Bertz CT molecular complexity index is 273. The molecule has 22 heavy (non-hydrogen) atoms. The van der Waals surface area contributed by atoms with Crippen LogP contribution >= 0.6 is 0 Å². The number of carbonyl (C=O) groups is 1. The van der Waals surface area contributed by atoms with E-state index < -0.39 is 0 Å². The lowest BCUT2D eigenvalue weighted by Gasteiger charge is -2.15. The normalized spacial score (nSPS) is 15.8. The molecule has 0 aromatic carbocycles. The highest BCUT2D eigenvalue weighted by Gasteiger charge is 2.12. The second kappa shape index (κ2) is 13.1. The van der Waals surface area contributed by atoms with E-state index in [1.807, 2.05) is 6.92 Å². The van der Waals surface area contributed by atoms with Crippen LogP contribution in [0, 0.1) is 23.7 Å². The van der Waals surface area contributed by atoms with Gasteiger partial charge in [0, 0.05) is 5.92 Å². The van der Waals surface area contributed by atoms with Crippen molar-refractivity contribution in [2.45, 2.75) is 92.4 Å². The number of rotatable bonds is 14. The fourth-order valence-electron chi connectivity index (χ4n) is 3.07. The highest BCUT2D eigenvalue weighted by molar-refractivity contribution is 5.81. The third-order valence-electron chi connectivity index (χ3n) is 4.91. The number of hydrogen-bond acceptors (Lipinski definition) is 2. The molecule has 0 aliphatic rings. The highest BCUT2D eigenvalue weighted by atomic mass is 16.3. The van der Waals surface area contributed by atoms with Gasteiger partial charge in [0.25, 0.3) is 0 Å². The number of carbonyl (C=O) groups excluding carboxylic acids is 1. The molecule has 0 amide bonds. The molecule has 0 rings (SSSR count). The Labute approximate surface area is 139 Å². The van der Waals surface area contributed by atoms with Gasteiger partial charge in [-0.2, -0.15) is 0 Å². The predicted octanol–water partition coefficient (Wildman–Crippen LogP) is 5.62. The summed E-state index contributed by atoms with van der Waals surface area (Å²) in [7, 11) is 0. The van der Waals surface area contributed by atoms with Gasteiger partial charge in [0.05, 0.1) is 0 Å². The van der Waals surface area contributed by atoms with Crippen LogP contribution in [0.2, 0.25) is 0 Å². The second-order valence-electron chi connectivity index (χ2n) is 7.92. The van der Waals surface area contributed by atoms with Gasteiger partial charge in [0.1, 0.15) is 6.61 Å². The molecular formula is C20H40O2. The van der Waals surface area contributed by atoms with E-state index in [1.54, 1.807) is 0 Å². The SMILES string of the molecule is CC(C)CCCC(C)CCCC(C)CCCC(C)C(=O)CO. The molecule has 0 spiro atoms. The quantitative estimate of drug-likeness (QED) is 0.452. The highest BCUT2D eigenvalue weighted by Crippen LogP contribution is 2.22. The zero-order valence-electron chi connectivity index (χ0n) is 15.7. The first-order valence-electron chi connectivity index (χ1n) is 9.50. The minimum atomic E-state index is -0.300. The third kappa shape index (κ3) is 12.2. The van der Waals surface area contributed by atoms with E-state index in [9.17, 15) is 4.79 Å². The molecule has 0 aromatic rings. The average molecular weight is 313 g/mol. The number of hydrogen-bond donors (Lipinski definition) is 1. The van der Waals surface area contributed by atoms with E-state index in [0.29, 0.717) is 0 Å². The maximum absolute atomic E-state index is 11.3. The van der Waals surface area contributed by atoms with Crippen LogP contribution in [0.3, 0.4) is 0 Å². The van der Waals surface area contributed by atoms with Crippen molar-refractivity contribution in [3.63, 3.8) is 0 Å². The van der Waals surface area contributed by atoms with Crippen molar-refractivity contribution in [2.75, 3.05) is 6.61 Å². The first-order chi connectivity index (χ1) is 10.4. The molecular weight excluding hydrogens is 272 g/mol. The lowest BCUT2D eigenvalue weighted by Crippen LogP contribution is -2.15. The largest absolute Gasteiger partial charge is 0.389 e. The van der Waals surface area contributed by atoms with Gasteiger partial charge in [0.15, 0.2) is 5.78 Å². The van der Waals surface area contributed by atoms with Crippen LogP contribution in [-0.2, 0) is 4.79 Å². The van der Waals surface area contributed by atoms with Crippen molar-refractivity contribution in [1.29, 1.82) is 0 Å². The van der Waals surface area contributed by atoms with Crippen molar-refractivity contribution >= 4 is 5.78 Å². The molecule has 3 unspecified atom stereocenters. The maximum Gasteiger partial charge on any atom is 0.160 e. The third-order valence-corrected chi connectivity index (χ3v) is 4.91. The van der Waals surface area contributed by atoms with Crippen LogP contribution in [0.5, 0.6) is 0 Å². The molecule has 0 heterocycles.